The third-order valence-electron chi connectivity index (χ3n) is 6.00. The van der Waals surface area contributed by atoms with Crippen LogP contribution in [-0.2, 0) is 0 Å². The first-order chi connectivity index (χ1) is 16.6. The highest BCUT2D eigenvalue weighted by molar-refractivity contribution is 7.35. The third kappa shape index (κ3) is 4.56. The van der Waals surface area contributed by atoms with Crippen LogP contribution < -0.4 is 14.5 Å². The monoisotopic (exact) mass is 495 g/mol. The Bertz CT molecular complexity index is 1330. The largest absolute Gasteiger partial charge is 0.377 e. The summed E-state index contributed by atoms with van der Waals surface area (Å²) in [6, 6.07) is 31.2. The van der Waals surface area contributed by atoms with Gasteiger partial charge in [-0.15, -0.1) is 11.3 Å². The normalized spacial score (nSPS) is 11.9. The average molecular weight is 496 g/mol. The highest BCUT2D eigenvalue weighted by Gasteiger charge is 2.32. The fourth-order valence-electron chi connectivity index (χ4n) is 4.43. The van der Waals surface area contributed by atoms with Gasteiger partial charge in [0, 0.05) is 30.2 Å². The smallest absolute Gasteiger partial charge is 0.268 e. The van der Waals surface area contributed by atoms with Crippen LogP contribution in [0.2, 0.25) is 0 Å². The first-order valence-electron chi connectivity index (χ1n) is 11.3. The molecule has 0 N–H and O–H groups in total. The molecule has 0 saturated carbocycles. The molecule has 3 aromatic heterocycles. The molecule has 5 aromatic rings. The van der Waals surface area contributed by atoms with Crippen molar-refractivity contribution in [2.24, 2.45) is 0 Å². The van der Waals surface area contributed by atoms with Crippen molar-refractivity contribution >= 4 is 67.0 Å². The van der Waals surface area contributed by atoms with E-state index < -0.39 is 0 Å². The summed E-state index contributed by atoms with van der Waals surface area (Å²) in [5.74, 6) is 0. The molecule has 5 rings (SSSR count). The summed E-state index contributed by atoms with van der Waals surface area (Å²) < 4.78 is 2.75. The molecule has 168 valence electrons. The van der Waals surface area contributed by atoms with Gasteiger partial charge in [0.25, 0.3) is 6.71 Å². The number of rotatable bonds is 7. The Morgan fingerprint density at radius 2 is 1.29 bits per heavy atom. The first kappa shape index (κ1) is 22.9. The van der Waals surface area contributed by atoms with Crippen molar-refractivity contribution in [2.75, 3.05) is 19.0 Å². The molecule has 2 aromatic carbocycles. The number of para-hydroxylation sites is 1. The quantitative estimate of drug-likeness (QED) is 0.219. The molecular weight excluding hydrogens is 469 g/mol. The van der Waals surface area contributed by atoms with Gasteiger partial charge in [0.05, 0.1) is 0 Å². The molecule has 34 heavy (non-hydrogen) atoms. The van der Waals surface area contributed by atoms with Crippen LogP contribution in [0.25, 0.3) is 11.0 Å². The van der Waals surface area contributed by atoms with E-state index in [9.17, 15) is 0 Å². The molecular formula is C29H26BNS3. The molecule has 0 saturated heterocycles. The van der Waals surface area contributed by atoms with Crippen molar-refractivity contribution < 1.29 is 0 Å². The van der Waals surface area contributed by atoms with Crippen LogP contribution in [-0.4, -0.2) is 20.8 Å². The van der Waals surface area contributed by atoms with Gasteiger partial charge < -0.3 is 4.90 Å². The first-order valence-corrected chi connectivity index (χ1v) is 14.0. The van der Waals surface area contributed by atoms with Gasteiger partial charge in [-0.3, -0.25) is 0 Å². The third-order valence-corrected chi connectivity index (χ3v) is 8.77. The predicted octanol–water partition coefficient (Wildman–Crippen LogP) is 7.05. The zero-order chi connectivity index (χ0) is 23.5. The molecule has 0 unspecified atom stereocenters. The minimum Gasteiger partial charge on any atom is -0.377 e. The Kier molecular flexibility index (Phi) is 6.86. The Hall–Kier alpha value is -2.86. The number of benzene rings is 2. The number of nitrogens with zero attached hydrogens (tertiary/aromatic N) is 1. The van der Waals surface area contributed by atoms with E-state index in [-0.39, 0.29) is 6.71 Å². The molecule has 0 aliphatic carbocycles. The molecule has 0 aliphatic heterocycles. The topological polar surface area (TPSA) is 3.24 Å². The molecule has 0 radical (unpaired) electrons. The van der Waals surface area contributed by atoms with Gasteiger partial charge >= 0.3 is 0 Å². The van der Waals surface area contributed by atoms with Crippen molar-refractivity contribution in [3.63, 3.8) is 0 Å². The Morgan fingerprint density at radius 3 is 1.85 bits per heavy atom. The van der Waals surface area contributed by atoms with Gasteiger partial charge in [0.1, 0.15) is 0 Å². The Morgan fingerprint density at radius 1 is 0.676 bits per heavy atom. The molecule has 0 fully saturated rings. The minimum absolute atomic E-state index is 0.171. The number of anilines is 1. The second-order valence-electron chi connectivity index (χ2n) is 8.51. The summed E-state index contributed by atoms with van der Waals surface area (Å²) in [5.41, 5.74) is 7.69. The molecule has 5 heteroatoms. The van der Waals surface area contributed by atoms with Crippen LogP contribution in [0.4, 0.5) is 5.69 Å². The second-order valence-corrected chi connectivity index (χ2v) is 11.4. The fraction of sp³-hybridized carbons (Fsp3) is 0.103. The highest BCUT2D eigenvalue weighted by Crippen LogP contribution is 2.40. The minimum atomic E-state index is 0.171. The zero-order valence-corrected chi connectivity index (χ0v) is 22.0. The van der Waals surface area contributed by atoms with Crippen LogP contribution in [0, 0.1) is 6.92 Å². The van der Waals surface area contributed by atoms with Gasteiger partial charge in [-0.1, -0.05) is 78.4 Å². The lowest BCUT2D eigenvalue weighted by molar-refractivity contribution is 1.13. The summed E-state index contributed by atoms with van der Waals surface area (Å²) in [6.07, 6.45) is 0. The van der Waals surface area contributed by atoms with E-state index in [0.717, 1.165) is 0 Å². The van der Waals surface area contributed by atoms with Gasteiger partial charge in [-0.2, -0.15) is 22.7 Å². The molecule has 0 bridgehead atoms. The number of hydrogen-bond acceptors (Lipinski definition) is 4. The molecule has 1 nitrogen and oxygen atoms in total. The van der Waals surface area contributed by atoms with E-state index in [4.69, 9.17) is 0 Å². The van der Waals surface area contributed by atoms with Crippen LogP contribution in [0.15, 0.2) is 101 Å². The van der Waals surface area contributed by atoms with E-state index in [2.05, 4.69) is 127 Å². The van der Waals surface area contributed by atoms with Crippen LogP contribution in [0.3, 0.4) is 0 Å². The molecule has 3 heterocycles. The Balaban J connectivity index is 1.92. The van der Waals surface area contributed by atoms with Gasteiger partial charge in [-0.25, -0.2) is 0 Å². The van der Waals surface area contributed by atoms with Crippen molar-refractivity contribution in [2.45, 2.75) is 6.92 Å². The van der Waals surface area contributed by atoms with E-state index in [1.54, 1.807) is 0 Å². The maximum Gasteiger partial charge on any atom is 0.268 e. The maximum atomic E-state index is 2.28. The summed E-state index contributed by atoms with van der Waals surface area (Å²) in [5, 5.41) is 6.59. The van der Waals surface area contributed by atoms with E-state index >= 15 is 0 Å². The van der Waals surface area contributed by atoms with E-state index in [1.165, 1.54) is 47.9 Å². The fourth-order valence-corrected chi connectivity index (χ4v) is 7.02. The van der Waals surface area contributed by atoms with Crippen molar-refractivity contribution in [3.05, 3.63) is 123 Å². The van der Waals surface area contributed by atoms with Crippen LogP contribution in [0.5, 0.6) is 0 Å². The van der Waals surface area contributed by atoms with Gasteiger partial charge in [0.2, 0.25) is 0 Å². The molecule has 0 aliphatic rings. The lowest BCUT2D eigenvalue weighted by Crippen LogP contribution is -2.40. The molecule has 0 atom stereocenters. The molecule has 0 amide bonds. The van der Waals surface area contributed by atoms with Crippen LogP contribution >= 0.6 is 34.0 Å². The number of thiophene rings is 3. The highest BCUT2D eigenvalue weighted by atomic mass is 32.1. The predicted molar refractivity (Wildman–Crippen MR) is 156 cm³/mol. The SMILES string of the molecule is Cc1ccc(/C(=C(/B(c2cccs2)c2cccs2)c2cccs2)c2ccccc2N(C)C)cc1. The lowest BCUT2D eigenvalue weighted by Gasteiger charge is -2.25. The number of aryl methyl sites for hydroxylation is 1. The van der Waals surface area contributed by atoms with E-state index in [0.29, 0.717) is 0 Å². The second kappa shape index (κ2) is 10.2. The summed E-state index contributed by atoms with van der Waals surface area (Å²) >= 11 is 5.51. The van der Waals surface area contributed by atoms with Crippen molar-refractivity contribution in [1.82, 2.24) is 0 Å². The summed E-state index contributed by atoms with van der Waals surface area (Å²) in [4.78, 5) is 3.54. The summed E-state index contributed by atoms with van der Waals surface area (Å²) in [7, 11) is 4.26. The molecule has 0 spiro atoms. The standard InChI is InChI=1S/C29H26BNS3/c1-21-14-16-22(17-15-21)28(23-9-4-5-10-24(23)31(2)3)29(25-11-6-18-32-25)30(26-12-7-19-33-26)27-13-8-20-34-27/h4-20H,1-3H3/b29-28-. The summed E-state index contributed by atoms with van der Waals surface area (Å²) in [6.45, 7) is 2.33. The average Bonchev–Trinajstić information content (AvgIpc) is 3.64. The van der Waals surface area contributed by atoms with E-state index in [1.807, 2.05) is 34.0 Å². The van der Waals surface area contributed by atoms with Crippen molar-refractivity contribution in [1.29, 1.82) is 0 Å². The maximum absolute atomic E-state index is 2.28. The number of hydrogen-bond donors (Lipinski definition) is 0. The van der Waals surface area contributed by atoms with Gasteiger partial charge in [0.15, 0.2) is 0 Å². The van der Waals surface area contributed by atoms with Crippen molar-refractivity contribution in [3.8, 4) is 0 Å². The van der Waals surface area contributed by atoms with Gasteiger partial charge in [-0.05, 0) is 61.4 Å². The Labute approximate surface area is 214 Å². The van der Waals surface area contributed by atoms with Crippen LogP contribution in [0.1, 0.15) is 21.6 Å². The lowest BCUT2D eigenvalue weighted by atomic mass is 9.40. The zero-order valence-electron chi connectivity index (χ0n) is 19.6.